The smallest absolute Gasteiger partial charge is 0.188 e. The van der Waals surface area contributed by atoms with Crippen LogP contribution in [0.2, 0.25) is 0 Å². The second-order valence-corrected chi connectivity index (χ2v) is 4.99. The molecule has 1 aliphatic carbocycles. The van der Waals surface area contributed by atoms with Crippen molar-refractivity contribution in [2.45, 2.75) is 38.7 Å². The van der Waals surface area contributed by atoms with E-state index in [1.807, 2.05) is 30.3 Å². The van der Waals surface area contributed by atoms with Crippen molar-refractivity contribution in [3.05, 3.63) is 35.9 Å². The molecule has 0 radical (unpaired) electrons. The zero-order chi connectivity index (χ0) is 12.1. The zero-order valence-electron chi connectivity index (χ0n) is 10.4. The van der Waals surface area contributed by atoms with Crippen molar-refractivity contribution in [1.82, 2.24) is 0 Å². The Morgan fingerprint density at radius 3 is 2.76 bits per heavy atom. The van der Waals surface area contributed by atoms with Gasteiger partial charge in [-0.1, -0.05) is 50.1 Å². The van der Waals surface area contributed by atoms with Crippen LogP contribution in [0.5, 0.6) is 0 Å². The Balaban J connectivity index is 1.80. The molecule has 2 atom stereocenters. The number of ether oxygens (including phenoxy) is 1. The van der Waals surface area contributed by atoms with Gasteiger partial charge in [-0.05, 0) is 18.8 Å². The van der Waals surface area contributed by atoms with Gasteiger partial charge in [0.05, 0.1) is 6.10 Å². The number of rotatable bonds is 4. The van der Waals surface area contributed by atoms with E-state index in [0.29, 0.717) is 0 Å². The lowest BCUT2D eigenvalue weighted by atomic mass is 9.89. The SMILES string of the molecule is CC1CCCC(OCC(=O)c2ccccc2)C1. The standard InChI is InChI=1S/C15H20O2/c1-12-6-5-9-14(10-12)17-11-15(16)13-7-3-2-4-8-13/h2-4,7-8,12,14H,5-6,9-11H2,1H3. The van der Waals surface area contributed by atoms with Gasteiger partial charge in [-0.3, -0.25) is 4.79 Å². The summed E-state index contributed by atoms with van der Waals surface area (Å²) in [4.78, 5) is 11.8. The molecule has 1 aromatic carbocycles. The second kappa shape index (κ2) is 5.97. The van der Waals surface area contributed by atoms with Crippen molar-refractivity contribution >= 4 is 5.78 Å². The number of benzene rings is 1. The third kappa shape index (κ3) is 3.67. The summed E-state index contributed by atoms with van der Waals surface area (Å²) in [7, 11) is 0. The topological polar surface area (TPSA) is 26.3 Å². The summed E-state index contributed by atoms with van der Waals surface area (Å²) in [5.41, 5.74) is 0.747. The average molecular weight is 232 g/mol. The zero-order valence-corrected chi connectivity index (χ0v) is 10.4. The predicted molar refractivity (Wildman–Crippen MR) is 68.1 cm³/mol. The van der Waals surface area contributed by atoms with Crippen LogP contribution in [0, 0.1) is 5.92 Å². The Labute approximate surface area is 103 Å². The molecule has 2 nitrogen and oxygen atoms in total. The Morgan fingerprint density at radius 1 is 1.29 bits per heavy atom. The van der Waals surface area contributed by atoms with E-state index in [1.165, 1.54) is 12.8 Å². The second-order valence-electron chi connectivity index (χ2n) is 4.99. The molecule has 0 N–H and O–H groups in total. The quantitative estimate of drug-likeness (QED) is 0.743. The summed E-state index contributed by atoms with van der Waals surface area (Å²) in [6.45, 7) is 2.48. The van der Waals surface area contributed by atoms with Crippen molar-refractivity contribution in [1.29, 1.82) is 0 Å². The van der Waals surface area contributed by atoms with E-state index in [9.17, 15) is 4.79 Å². The summed E-state index contributed by atoms with van der Waals surface area (Å²) in [6, 6.07) is 9.37. The maximum atomic E-state index is 11.8. The minimum absolute atomic E-state index is 0.0869. The van der Waals surface area contributed by atoms with E-state index >= 15 is 0 Å². The van der Waals surface area contributed by atoms with Crippen LogP contribution in [0.4, 0.5) is 0 Å². The normalized spacial score (nSPS) is 24.5. The minimum atomic E-state index is 0.0869. The van der Waals surface area contributed by atoms with E-state index in [-0.39, 0.29) is 18.5 Å². The maximum absolute atomic E-state index is 11.8. The molecule has 92 valence electrons. The number of carbonyl (C=O) groups is 1. The van der Waals surface area contributed by atoms with Crippen LogP contribution in [-0.2, 0) is 4.74 Å². The monoisotopic (exact) mass is 232 g/mol. The lowest BCUT2D eigenvalue weighted by Crippen LogP contribution is -2.24. The van der Waals surface area contributed by atoms with Crippen molar-refractivity contribution in [3.8, 4) is 0 Å². The molecule has 0 bridgehead atoms. The Kier molecular flexibility index (Phi) is 4.32. The Hall–Kier alpha value is -1.15. The van der Waals surface area contributed by atoms with Crippen LogP contribution in [0.15, 0.2) is 30.3 Å². The Morgan fingerprint density at radius 2 is 2.06 bits per heavy atom. The first-order chi connectivity index (χ1) is 8.25. The number of hydrogen-bond acceptors (Lipinski definition) is 2. The molecule has 2 heteroatoms. The highest BCUT2D eigenvalue weighted by Gasteiger charge is 2.20. The van der Waals surface area contributed by atoms with Gasteiger partial charge in [0.15, 0.2) is 5.78 Å². The summed E-state index contributed by atoms with van der Waals surface area (Å²) in [6.07, 6.45) is 5.01. The van der Waals surface area contributed by atoms with Crippen LogP contribution < -0.4 is 0 Å². The predicted octanol–water partition coefficient (Wildman–Crippen LogP) is 3.46. The summed E-state index contributed by atoms with van der Waals surface area (Å²) < 4.78 is 5.72. The number of hydrogen-bond donors (Lipinski definition) is 0. The van der Waals surface area contributed by atoms with E-state index in [4.69, 9.17) is 4.74 Å². The largest absolute Gasteiger partial charge is 0.370 e. The molecule has 0 spiro atoms. The van der Waals surface area contributed by atoms with Gasteiger partial charge in [-0.25, -0.2) is 0 Å². The molecule has 1 saturated carbocycles. The first kappa shape index (κ1) is 12.3. The highest BCUT2D eigenvalue weighted by molar-refractivity contribution is 5.96. The summed E-state index contributed by atoms with van der Waals surface area (Å²) in [5.74, 6) is 0.824. The molecule has 17 heavy (non-hydrogen) atoms. The van der Waals surface area contributed by atoms with Crippen LogP contribution in [0.25, 0.3) is 0 Å². The third-order valence-electron chi connectivity index (χ3n) is 3.43. The fourth-order valence-electron chi connectivity index (χ4n) is 2.43. The van der Waals surface area contributed by atoms with Gasteiger partial charge in [0, 0.05) is 5.56 Å². The molecule has 1 fully saturated rings. The van der Waals surface area contributed by atoms with Gasteiger partial charge in [0.2, 0.25) is 0 Å². The van der Waals surface area contributed by atoms with Gasteiger partial charge in [-0.15, -0.1) is 0 Å². The van der Waals surface area contributed by atoms with Gasteiger partial charge in [0.25, 0.3) is 0 Å². The van der Waals surface area contributed by atoms with Crippen molar-refractivity contribution in [2.24, 2.45) is 5.92 Å². The van der Waals surface area contributed by atoms with Crippen LogP contribution >= 0.6 is 0 Å². The van der Waals surface area contributed by atoms with Gasteiger partial charge in [-0.2, -0.15) is 0 Å². The molecule has 2 unspecified atom stereocenters. The fourth-order valence-corrected chi connectivity index (χ4v) is 2.43. The van der Waals surface area contributed by atoms with Crippen LogP contribution in [-0.4, -0.2) is 18.5 Å². The molecule has 0 saturated heterocycles. The van der Waals surface area contributed by atoms with Gasteiger partial charge < -0.3 is 4.74 Å². The average Bonchev–Trinajstić information content (AvgIpc) is 2.37. The third-order valence-corrected chi connectivity index (χ3v) is 3.43. The van der Waals surface area contributed by atoms with Crippen LogP contribution in [0.3, 0.4) is 0 Å². The van der Waals surface area contributed by atoms with E-state index in [1.54, 1.807) is 0 Å². The molecule has 2 rings (SSSR count). The Bertz CT molecular complexity index is 358. The number of carbonyl (C=O) groups excluding carboxylic acids is 1. The van der Waals surface area contributed by atoms with Crippen molar-refractivity contribution < 1.29 is 9.53 Å². The summed E-state index contributed by atoms with van der Waals surface area (Å²) >= 11 is 0. The maximum Gasteiger partial charge on any atom is 0.188 e. The lowest BCUT2D eigenvalue weighted by Gasteiger charge is -2.26. The molecule has 0 aromatic heterocycles. The molecule has 0 amide bonds. The lowest BCUT2D eigenvalue weighted by molar-refractivity contribution is 0.0182. The molecule has 1 aliphatic rings. The molecule has 0 aliphatic heterocycles. The molecular formula is C15H20O2. The van der Waals surface area contributed by atoms with Crippen molar-refractivity contribution in [2.75, 3.05) is 6.61 Å². The van der Waals surface area contributed by atoms with E-state index in [2.05, 4.69) is 6.92 Å². The van der Waals surface area contributed by atoms with Gasteiger partial charge >= 0.3 is 0 Å². The molecule has 0 heterocycles. The summed E-state index contributed by atoms with van der Waals surface area (Å²) in [5, 5.41) is 0. The van der Waals surface area contributed by atoms with E-state index in [0.717, 1.165) is 24.3 Å². The van der Waals surface area contributed by atoms with E-state index < -0.39 is 0 Å². The number of Topliss-reactive ketones (excluding diaryl/α,β-unsaturated/α-hetero) is 1. The van der Waals surface area contributed by atoms with Crippen LogP contribution in [0.1, 0.15) is 43.0 Å². The molecule has 1 aromatic rings. The van der Waals surface area contributed by atoms with Crippen molar-refractivity contribution in [3.63, 3.8) is 0 Å². The highest BCUT2D eigenvalue weighted by atomic mass is 16.5. The first-order valence-corrected chi connectivity index (χ1v) is 6.45. The minimum Gasteiger partial charge on any atom is -0.370 e. The number of ketones is 1. The first-order valence-electron chi connectivity index (χ1n) is 6.45. The fraction of sp³-hybridized carbons (Fsp3) is 0.533. The van der Waals surface area contributed by atoms with Gasteiger partial charge in [0.1, 0.15) is 6.61 Å². The molecular weight excluding hydrogens is 212 g/mol. The highest BCUT2D eigenvalue weighted by Crippen LogP contribution is 2.25.